The van der Waals surface area contributed by atoms with Crippen molar-refractivity contribution in [3.63, 3.8) is 0 Å². The third-order valence-electron chi connectivity index (χ3n) is 2.80. The van der Waals surface area contributed by atoms with E-state index in [9.17, 15) is 8.42 Å². The van der Waals surface area contributed by atoms with E-state index in [2.05, 4.69) is 4.72 Å². The lowest BCUT2D eigenvalue weighted by Crippen LogP contribution is -2.39. The fourth-order valence-electron chi connectivity index (χ4n) is 1.68. The molecule has 0 bridgehead atoms. The van der Waals surface area contributed by atoms with Crippen LogP contribution >= 0.6 is 11.3 Å². The second-order valence-corrected chi connectivity index (χ2v) is 7.06. The maximum absolute atomic E-state index is 12.0. The van der Waals surface area contributed by atoms with Gasteiger partial charge in [0.2, 0.25) is 10.0 Å². The van der Waals surface area contributed by atoms with Gasteiger partial charge in [0.05, 0.1) is 11.5 Å². The van der Waals surface area contributed by atoms with E-state index in [1.54, 1.807) is 13.0 Å². The molecule has 0 atom stereocenters. The van der Waals surface area contributed by atoms with Gasteiger partial charge in [-0.1, -0.05) is 6.42 Å². The van der Waals surface area contributed by atoms with E-state index >= 15 is 0 Å². The molecule has 1 aliphatic carbocycles. The van der Waals surface area contributed by atoms with Gasteiger partial charge in [0.25, 0.3) is 0 Å². The van der Waals surface area contributed by atoms with E-state index in [-0.39, 0.29) is 12.6 Å². The summed E-state index contributed by atoms with van der Waals surface area (Å²) >= 11 is 1.32. The molecule has 0 spiro atoms. The minimum Gasteiger partial charge on any atom is -0.391 e. The molecule has 2 N–H and O–H groups in total. The molecule has 6 heteroatoms. The number of hydrogen-bond donors (Lipinski definition) is 2. The van der Waals surface area contributed by atoms with Crippen LogP contribution in [-0.4, -0.2) is 19.6 Å². The zero-order valence-corrected chi connectivity index (χ0v) is 10.7. The smallest absolute Gasteiger partial charge is 0.241 e. The van der Waals surface area contributed by atoms with E-state index in [0.29, 0.717) is 9.77 Å². The van der Waals surface area contributed by atoms with Gasteiger partial charge in [-0.25, -0.2) is 13.1 Å². The van der Waals surface area contributed by atoms with Gasteiger partial charge in [0.15, 0.2) is 0 Å². The van der Waals surface area contributed by atoms with Gasteiger partial charge in [0.1, 0.15) is 0 Å². The summed E-state index contributed by atoms with van der Waals surface area (Å²) in [6.45, 7) is 1.66. The van der Waals surface area contributed by atoms with Crippen LogP contribution in [0.2, 0.25) is 0 Å². The maximum atomic E-state index is 12.0. The molecule has 0 aromatic carbocycles. The highest BCUT2D eigenvalue weighted by Gasteiger charge is 2.26. The first-order valence-corrected chi connectivity index (χ1v) is 7.55. The first kappa shape index (κ1) is 12.0. The van der Waals surface area contributed by atoms with Gasteiger partial charge in [-0.05, 0) is 25.8 Å². The minimum absolute atomic E-state index is 0.0990. The Kier molecular flexibility index (Phi) is 3.34. The SMILES string of the molecule is Cc1sc(CO)cc1S(=O)(=O)NC1CCC1. The minimum atomic E-state index is -3.39. The fourth-order valence-corrected chi connectivity index (χ4v) is 4.48. The Bertz CT molecular complexity index is 474. The summed E-state index contributed by atoms with van der Waals surface area (Å²) in [5, 5.41) is 8.98. The van der Waals surface area contributed by atoms with Crippen LogP contribution in [0, 0.1) is 6.92 Å². The Morgan fingerprint density at radius 2 is 2.25 bits per heavy atom. The van der Waals surface area contributed by atoms with Crippen molar-refractivity contribution in [1.82, 2.24) is 4.72 Å². The van der Waals surface area contributed by atoms with Crippen LogP contribution in [0.4, 0.5) is 0 Å². The summed E-state index contributed by atoms with van der Waals surface area (Å²) in [4.78, 5) is 1.73. The predicted molar refractivity (Wildman–Crippen MR) is 62.9 cm³/mol. The number of sulfonamides is 1. The topological polar surface area (TPSA) is 66.4 Å². The van der Waals surface area contributed by atoms with Crippen molar-refractivity contribution in [1.29, 1.82) is 0 Å². The molecule has 1 aromatic rings. The summed E-state index contributed by atoms with van der Waals surface area (Å²) in [5.74, 6) is 0. The zero-order valence-electron chi connectivity index (χ0n) is 9.06. The number of aliphatic hydroxyl groups is 1. The van der Waals surface area contributed by atoms with Crippen molar-refractivity contribution < 1.29 is 13.5 Å². The summed E-state index contributed by atoms with van der Waals surface area (Å²) in [5.41, 5.74) is 0. The molecular formula is C10H15NO3S2. The summed E-state index contributed by atoms with van der Waals surface area (Å²) in [6.07, 6.45) is 2.95. The number of aliphatic hydroxyl groups excluding tert-OH is 1. The molecule has 16 heavy (non-hydrogen) atoms. The number of rotatable bonds is 4. The highest BCUT2D eigenvalue weighted by molar-refractivity contribution is 7.89. The normalized spacial score (nSPS) is 17.4. The quantitative estimate of drug-likeness (QED) is 0.860. The number of aryl methyl sites for hydroxylation is 1. The molecule has 1 aromatic heterocycles. The summed E-state index contributed by atoms with van der Waals surface area (Å²) < 4.78 is 26.7. The van der Waals surface area contributed by atoms with Crippen LogP contribution in [0.15, 0.2) is 11.0 Å². The molecule has 0 radical (unpaired) electrons. The van der Waals surface area contributed by atoms with Crippen molar-refractivity contribution in [2.75, 3.05) is 0 Å². The largest absolute Gasteiger partial charge is 0.391 e. The van der Waals surface area contributed by atoms with Crippen LogP contribution in [0.1, 0.15) is 29.0 Å². The molecule has 0 amide bonds. The highest BCUT2D eigenvalue weighted by Crippen LogP contribution is 2.27. The molecule has 0 saturated heterocycles. The van der Waals surface area contributed by atoms with Gasteiger partial charge in [-0.2, -0.15) is 0 Å². The monoisotopic (exact) mass is 261 g/mol. The second-order valence-electron chi connectivity index (χ2n) is 4.04. The van der Waals surface area contributed by atoms with Crippen LogP contribution < -0.4 is 4.72 Å². The van der Waals surface area contributed by atoms with Crippen molar-refractivity contribution >= 4 is 21.4 Å². The Morgan fingerprint density at radius 1 is 1.56 bits per heavy atom. The molecule has 1 fully saturated rings. The first-order valence-electron chi connectivity index (χ1n) is 5.25. The molecule has 0 unspecified atom stereocenters. The van der Waals surface area contributed by atoms with E-state index < -0.39 is 10.0 Å². The van der Waals surface area contributed by atoms with Crippen molar-refractivity contribution in [2.45, 2.75) is 43.7 Å². The van der Waals surface area contributed by atoms with Crippen LogP contribution in [-0.2, 0) is 16.6 Å². The molecule has 90 valence electrons. The van der Waals surface area contributed by atoms with Gasteiger partial charge < -0.3 is 5.11 Å². The Balaban J connectivity index is 2.23. The lowest BCUT2D eigenvalue weighted by Gasteiger charge is -2.25. The van der Waals surface area contributed by atoms with Crippen LogP contribution in [0.25, 0.3) is 0 Å². The number of nitrogens with one attached hydrogen (secondary N) is 1. The van der Waals surface area contributed by atoms with Crippen LogP contribution in [0.3, 0.4) is 0 Å². The maximum Gasteiger partial charge on any atom is 0.241 e. The van der Waals surface area contributed by atoms with Gasteiger partial charge in [-0.3, -0.25) is 0 Å². The molecule has 4 nitrogen and oxygen atoms in total. The molecule has 1 aliphatic rings. The van der Waals surface area contributed by atoms with Crippen molar-refractivity contribution in [3.05, 3.63) is 15.8 Å². The molecule has 1 heterocycles. The van der Waals surface area contributed by atoms with E-state index in [0.717, 1.165) is 24.1 Å². The number of hydrogen-bond acceptors (Lipinski definition) is 4. The van der Waals surface area contributed by atoms with E-state index in [4.69, 9.17) is 5.11 Å². The van der Waals surface area contributed by atoms with Gasteiger partial charge >= 0.3 is 0 Å². The van der Waals surface area contributed by atoms with Gasteiger partial charge in [0, 0.05) is 15.8 Å². The second kappa shape index (κ2) is 4.44. The highest BCUT2D eigenvalue weighted by atomic mass is 32.2. The third kappa shape index (κ3) is 2.29. The molecule has 2 rings (SSSR count). The standard InChI is InChI=1S/C10H15NO3S2/c1-7-10(5-9(6-12)15-7)16(13,14)11-8-3-2-4-8/h5,8,11-12H,2-4,6H2,1H3. The fraction of sp³-hybridized carbons (Fsp3) is 0.600. The first-order chi connectivity index (χ1) is 7.53. The van der Waals surface area contributed by atoms with E-state index in [1.807, 2.05) is 0 Å². The predicted octanol–water partition coefficient (Wildman–Crippen LogP) is 1.38. The Labute approximate surface area is 99.4 Å². The number of thiophene rings is 1. The zero-order chi connectivity index (χ0) is 11.8. The van der Waals surface area contributed by atoms with E-state index in [1.165, 1.54) is 11.3 Å². The Hall–Kier alpha value is -0.430. The van der Waals surface area contributed by atoms with Gasteiger partial charge in [-0.15, -0.1) is 11.3 Å². The van der Waals surface area contributed by atoms with Crippen molar-refractivity contribution in [3.8, 4) is 0 Å². The summed E-state index contributed by atoms with van der Waals surface area (Å²) in [7, 11) is -3.39. The lowest BCUT2D eigenvalue weighted by atomic mass is 9.94. The summed E-state index contributed by atoms with van der Waals surface area (Å²) in [6, 6.07) is 1.66. The lowest BCUT2D eigenvalue weighted by molar-refractivity contribution is 0.285. The molecule has 1 saturated carbocycles. The molecular weight excluding hydrogens is 246 g/mol. The Morgan fingerprint density at radius 3 is 2.69 bits per heavy atom. The average molecular weight is 261 g/mol. The molecule has 0 aliphatic heterocycles. The van der Waals surface area contributed by atoms with Crippen molar-refractivity contribution in [2.24, 2.45) is 0 Å². The average Bonchev–Trinajstić information content (AvgIpc) is 2.54. The van der Waals surface area contributed by atoms with Crippen LogP contribution in [0.5, 0.6) is 0 Å². The third-order valence-corrected chi connectivity index (χ3v) is 5.61.